The lowest BCUT2D eigenvalue weighted by Crippen LogP contribution is -2.37. The van der Waals surface area contributed by atoms with E-state index in [0.29, 0.717) is 15.8 Å². The number of Topliss-reactive ketones (excluding diaryl/α,β-unsaturated/α-hetero) is 1. The van der Waals surface area contributed by atoms with Gasteiger partial charge in [-0.05, 0) is 25.1 Å². The van der Waals surface area contributed by atoms with Gasteiger partial charge in [-0.1, -0.05) is 24.9 Å². The largest absolute Gasteiger partial charge is 0.369 e. The fourth-order valence-electron chi connectivity index (χ4n) is 1.56. The Bertz CT molecular complexity index is 420. The Labute approximate surface area is 116 Å². The van der Waals surface area contributed by atoms with Crippen molar-refractivity contribution >= 4 is 34.6 Å². The first kappa shape index (κ1) is 15.1. The van der Waals surface area contributed by atoms with Gasteiger partial charge < -0.3 is 5.73 Å². The SMILES string of the molecule is CCCCN(CC(N)=O)CC(=O)c1ccc(Cl)s1. The Morgan fingerprint density at radius 3 is 2.61 bits per heavy atom. The maximum atomic E-state index is 12.0. The number of ketones is 1. The molecule has 1 rings (SSSR count). The minimum absolute atomic E-state index is 0.0238. The number of carbonyl (C=O) groups excluding carboxylic acids is 2. The summed E-state index contributed by atoms with van der Waals surface area (Å²) >= 11 is 7.04. The zero-order valence-corrected chi connectivity index (χ0v) is 11.9. The van der Waals surface area contributed by atoms with E-state index in [1.807, 2.05) is 0 Å². The third-order valence-electron chi connectivity index (χ3n) is 2.42. The summed E-state index contributed by atoms with van der Waals surface area (Å²) in [5, 5.41) is 0. The highest BCUT2D eigenvalue weighted by atomic mass is 35.5. The molecule has 100 valence electrons. The Balaban J connectivity index is 2.58. The lowest BCUT2D eigenvalue weighted by atomic mass is 10.2. The number of thiophene rings is 1. The van der Waals surface area contributed by atoms with Gasteiger partial charge in [0.2, 0.25) is 5.91 Å². The molecular weight excluding hydrogens is 272 g/mol. The van der Waals surface area contributed by atoms with Crippen LogP contribution in [-0.4, -0.2) is 36.2 Å². The van der Waals surface area contributed by atoms with Crippen molar-refractivity contribution in [1.82, 2.24) is 4.90 Å². The predicted molar refractivity (Wildman–Crippen MR) is 74.2 cm³/mol. The molecule has 1 heterocycles. The summed E-state index contributed by atoms with van der Waals surface area (Å²) in [6, 6.07) is 3.40. The lowest BCUT2D eigenvalue weighted by molar-refractivity contribution is -0.119. The van der Waals surface area contributed by atoms with Crippen LogP contribution in [0.15, 0.2) is 12.1 Å². The van der Waals surface area contributed by atoms with Gasteiger partial charge in [0, 0.05) is 0 Å². The Morgan fingerprint density at radius 2 is 2.11 bits per heavy atom. The third kappa shape index (κ3) is 5.16. The molecule has 0 saturated heterocycles. The predicted octanol–water partition coefficient (Wildman–Crippen LogP) is 2.17. The number of hydrogen-bond acceptors (Lipinski definition) is 4. The molecule has 2 N–H and O–H groups in total. The third-order valence-corrected chi connectivity index (χ3v) is 3.69. The van der Waals surface area contributed by atoms with Crippen LogP contribution < -0.4 is 5.73 Å². The van der Waals surface area contributed by atoms with Gasteiger partial charge in [0.25, 0.3) is 0 Å². The second-order valence-corrected chi connectivity index (χ2v) is 5.77. The molecule has 0 aliphatic carbocycles. The van der Waals surface area contributed by atoms with E-state index >= 15 is 0 Å². The summed E-state index contributed by atoms with van der Waals surface area (Å²) in [4.78, 5) is 25.3. The standard InChI is InChI=1S/C12H17ClN2O2S/c1-2-3-6-15(8-12(14)17)7-9(16)10-4-5-11(13)18-10/h4-5H,2-3,6-8H2,1H3,(H2,14,17). The fraction of sp³-hybridized carbons (Fsp3) is 0.500. The van der Waals surface area contributed by atoms with Crippen molar-refractivity contribution in [2.45, 2.75) is 19.8 Å². The van der Waals surface area contributed by atoms with Crippen LogP contribution >= 0.6 is 22.9 Å². The van der Waals surface area contributed by atoms with E-state index in [-0.39, 0.29) is 18.9 Å². The number of carbonyl (C=O) groups is 2. The smallest absolute Gasteiger partial charge is 0.231 e. The van der Waals surface area contributed by atoms with E-state index in [1.54, 1.807) is 17.0 Å². The van der Waals surface area contributed by atoms with Crippen LogP contribution in [0.2, 0.25) is 4.34 Å². The number of rotatable bonds is 8. The molecule has 18 heavy (non-hydrogen) atoms. The molecule has 0 fully saturated rings. The van der Waals surface area contributed by atoms with Gasteiger partial charge in [0.1, 0.15) is 0 Å². The minimum Gasteiger partial charge on any atom is -0.369 e. The van der Waals surface area contributed by atoms with Gasteiger partial charge in [-0.2, -0.15) is 0 Å². The molecule has 0 bridgehead atoms. The molecule has 0 spiro atoms. The van der Waals surface area contributed by atoms with Gasteiger partial charge in [0.05, 0.1) is 22.3 Å². The van der Waals surface area contributed by atoms with Crippen LogP contribution in [0, 0.1) is 0 Å². The van der Waals surface area contributed by atoms with Crippen LogP contribution in [0.5, 0.6) is 0 Å². The van der Waals surface area contributed by atoms with Gasteiger partial charge in [-0.15, -0.1) is 11.3 Å². The number of hydrogen-bond donors (Lipinski definition) is 1. The van der Waals surface area contributed by atoms with E-state index in [0.717, 1.165) is 12.8 Å². The van der Waals surface area contributed by atoms with Crippen LogP contribution in [-0.2, 0) is 4.79 Å². The zero-order valence-electron chi connectivity index (χ0n) is 10.3. The highest BCUT2D eigenvalue weighted by molar-refractivity contribution is 7.18. The van der Waals surface area contributed by atoms with Gasteiger partial charge in [-0.3, -0.25) is 14.5 Å². The summed E-state index contributed by atoms with van der Waals surface area (Å²) in [5.41, 5.74) is 5.17. The summed E-state index contributed by atoms with van der Waals surface area (Å²) in [6.07, 6.45) is 1.94. The first-order valence-electron chi connectivity index (χ1n) is 5.82. The average Bonchev–Trinajstić information content (AvgIpc) is 2.72. The molecule has 1 aromatic heterocycles. The number of amides is 1. The summed E-state index contributed by atoms with van der Waals surface area (Å²) in [7, 11) is 0. The van der Waals surface area contributed by atoms with E-state index in [9.17, 15) is 9.59 Å². The van der Waals surface area contributed by atoms with Crippen LogP contribution in [0.3, 0.4) is 0 Å². The van der Waals surface area contributed by atoms with Crippen molar-refractivity contribution in [3.05, 3.63) is 21.3 Å². The second-order valence-electron chi connectivity index (χ2n) is 4.06. The Morgan fingerprint density at radius 1 is 1.39 bits per heavy atom. The van der Waals surface area contributed by atoms with Crippen molar-refractivity contribution in [2.24, 2.45) is 5.73 Å². The summed E-state index contributed by atoms with van der Waals surface area (Å²) < 4.78 is 0.591. The van der Waals surface area contributed by atoms with Crippen molar-refractivity contribution in [2.75, 3.05) is 19.6 Å². The molecule has 0 atom stereocenters. The van der Waals surface area contributed by atoms with E-state index < -0.39 is 5.91 Å². The molecule has 0 aromatic carbocycles. The van der Waals surface area contributed by atoms with Crippen LogP contribution in [0.25, 0.3) is 0 Å². The summed E-state index contributed by atoms with van der Waals surface area (Å²) in [6.45, 7) is 3.08. The maximum Gasteiger partial charge on any atom is 0.231 e. The molecule has 4 nitrogen and oxygen atoms in total. The number of primary amides is 1. The van der Waals surface area contributed by atoms with Crippen molar-refractivity contribution in [1.29, 1.82) is 0 Å². The van der Waals surface area contributed by atoms with E-state index in [4.69, 9.17) is 17.3 Å². The number of nitrogens with zero attached hydrogens (tertiary/aromatic N) is 1. The van der Waals surface area contributed by atoms with Crippen LogP contribution in [0.4, 0.5) is 0 Å². The first-order valence-corrected chi connectivity index (χ1v) is 7.01. The molecule has 1 amide bonds. The van der Waals surface area contributed by atoms with Crippen molar-refractivity contribution < 1.29 is 9.59 Å². The molecule has 0 unspecified atom stereocenters. The van der Waals surface area contributed by atoms with E-state index in [2.05, 4.69) is 6.92 Å². The van der Waals surface area contributed by atoms with E-state index in [1.165, 1.54) is 11.3 Å². The second kappa shape index (κ2) is 7.51. The molecule has 0 radical (unpaired) electrons. The highest BCUT2D eigenvalue weighted by Gasteiger charge is 2.15. The fourth-order valence-corrected chi connectivity index (χ4v) is 2.53. The number of unbranched alkanes of at least 4 members (excludes halogenated alkanes) is 1. The van der Waals surface area contributed by atoms with Crippen molar-refractivity contribution in [3.8, 4) is 0 Å². The molecule has 0 aliphatic rings. The monoisotopic (exact) mass is 288 g/mol. The molecule has 1 aromatic rings. The van der Waals surface area contributed by atoms with Gasteiger partial charge >= 0.3 is 0 Å². The van der Waals surface area contributed by atoms with Crippen LogP contribution in [0.1, 0.15) is 29.4 Å². The maximum absolute atomic E-state index is 12.0. The number of nitrogens with two attached hydrogens (primary N) is 1. The average molecular weight is 289 g/mol. The minimum atomic E-state index is -0.414. The Hall–Kier alpha value is -0.910. The normalized spacial score (nSPS) is 10.8. The first-order chi connectivity index (χ1) is 8.52. The molecule has 0 aliphatic heterocycles. The molecule has 0 saturated carbocycles. The Kier molecular flexibility index (Phi) is 6.32. The summed E-state index contributed by atoms with van der Waals surface area (Å²) in [5.74, 6) is -0.438. The van der Waals surface area contributed by atoms with Gasteiger partial charge in [0.15, 0.2) is 5.78 Å². The highest BCUT2D eigenvalue weighted by Crippen LogP contribution is 2.21. The molecular formula is C12H17ClN2O2S. The topological polar surface area (TPSA) is 63.4 Å². The lowest BCUT2D eigenvalue weighted by Gasteiger charge is -2.18. The number of halogens is 1. The molecule has 6 heteroatoms. The van der Waals surface area contributed by atoms with Crippen molar-refractivity contribution in [3.63, 3.8) is 0 Å². The zero-order chi connectivity index (χ0) is 13.5. The quantitative estimate of drug-likeness (QED) is 0.746. The van der Waals surface area contributed by atoms with Gasteiger partial charge in [-0.25, -0.2) is 0 Å².